The van der Waals surface area contributed by atoms with Crippen LogP contribution in [0.1, 0.15) is 93.2 Å². The molecule has 0 radical (unpaired) electrons. The highest BCUT2D eigenvalue weighted by molar-refractivity contribution is 6.10. The minimum Gasteiger partial charge on any atom is -0.504 e. The van der Waals surface area contributed by atoms with Crippen molar-refractivity contribution in [1.82, 2.24) is 0 Å². The zero-order valence-corrected chi connectivity index (χ0v) is 60.3. The Labute approximate surface area is 676 Å². The summed E-state index contributed by atoms with van der Waals surface area (Å²) in [4.78, 5) is 132. The Bertz CT molecular complexity index is 5970. The highest BCUT2D eigenvalue weighted by Crippen LogP contribution is 2.58. The summed E-state index contributed by atoms with van der Waals surface area (Å²) in [6.07, 6.45) is -27.4. The Morgan fingerprint density at radius 3 is 0.935 bits per heavy atom. The number of hydrogen-bond acceptors (Lipinski definition) is 48. The maximum Gasteiger partial charge on any atom is 0.346 e. The first kappa shape index (κ1) is 83.6. The molecule has 123 heavy (non-hydrogen) atoms. The molecule has 48 nitrogen and oxygen atoms in total. The van der Waals surface area contributed by atoms with E-state index >= 15 is 14.4 Å². The summed E-state index contributed by atoms with van der Waals surface area (Å²) >= 11 is 0. The number of phenolic OH excluding ortho intramolecular Hbond substituents is 26. The van der Waals surface area contributed by atoms with Gasteiger partial charge in [0.2, 0.25) is 41.1 Å². The van der Waals surface area contributed by atoms with Crippen LogP contribution in [0.25, 0.3) is 22.3 Å². The van der Waals surface area contributed by atoms with Crippen molar-refractivity contribution in [1.29, 1.82) is 0 Å². The number of carbonyl (C=O) groups is 9. The second-order valence-corrected chi connectivity index (χ2v) is 26.5. The zero-order valence-electron chi connectivity index (χ0n) is 60.3. The Kier molecular flexibility index (Phi) is 21.3. The van der Waals surface area contributed by atoms with Gasteiger partial charge in [0.05, 0.1) is 44.5 Å². The van der Waals surface area contributed by atoms with E-state index in [-0.39, 0.29) is 18.2 Å². The molecule has 48 heteroatoms. The third-order valence-electron chi connectivity index (χ3n) is 18.9. The highest BCUT2D eigenvalue weighted by atomic mass is 16.8. The van der Waals surface area contributed by atoms with Crippen LogP contribution in [0.5, 0.6) is 161 Å². The number of ether oxygens (including phenoxy) is 12. The molecule has 4 heterocycles. The number of esters is 9. The summed E-state index contributed by atoms with van der Waals surface area (Å²) in [5, 5.41) is 293. The van der Waals surface area contributed by atoms with Crippen LogP contribution >= 0.6 is 0 Å². The van der Waals surface area contributed by atoms with Gasteiger partial charge in [0.1, 0.15) is 36.7 Å². The van der Waals surface area contributed by atoms with Crippen LogP contribution in [-0.4, -0.2) is 266 Å². The lowest BCUT2D eigenvalue weighted by Gasteiger charge is -2.43. The summed E-state index contributed by atoms with van der Waals surface area (Å²) in [6, 6.07) is 4.69. The van der Waals surface area contributed by atoms with Crippen LogP contribution in [0.15, 0.2) is 78.9 Å². The molecule has 2 fully saturated rings. The molecule has 27 N–H and O–H groups in total. The van der Waals surface area contributed by atoms with Crippen LogP contribution in [-0.2, 0) is 52.1 Å². The minimum atomic E-state index is -2.94. The fraction of sp³-hybridized carbons (Fsp3) is 0.160. The van der Waals surface area contributed by atoms with Gasteiger partial charge in [0.15, 0.2) is 163 Å². The molecule has 10 atom stereocenters. The quantitative estimate of drug-likeness (QED) is 0.0475. The van der Waals surface area contributed by atoms with Gasteiger partial charge in [-0.15, -0.1) is 0 Å². The number of carbonyl (C=O) groups excluding carboxylic acids is 9. The van der Waals surface area contributed by atoms with Crippen molar-refractivity contribution >= 4 is 53.7 Å². The number of benzene rings is 9. The van der Waals surface area contributed by atoms with Crippen molar-refractivity contribution in [2.75, 3.05) is 13.2 Å². The Morgan fingerprint density at radius 1 is 0.276 bits per heavy atom. The van der Waals surface area contributed by atoms with E-state index in [9.17, 15) is 167 Å². The zero-order chi connectivity index (χ0) is 89.7. The smallest absolute Gasteiger partial charge is 0.346 e. The third kappa shape index (κ3) is 14.8. The van der Waals surface area contributed by atoms with Crippen molar-refractivity contribution < 1.29 is 238 Å². The number of aliphatic hydroxyl groups is 1. The minimum absolute atomic E-state index is 0.158. The van der Waals surface area contributed by atoms with Gasteiger partial charge in [-0.3, -0.25) is 0 Å². The molecule has 4 aliphatic heterocycles. The number of aliphatic hydroxyl groups excluding tert-OH is 1. The number of phenols is 26. The lowest BCUT2D eigenvalue weighted by atomic mass is 9.91. The molecule has 0 saturated carbocycles. The molecule has 1 unspecified atom stereocenters. The van der Waals surface area contributed by atoms with Crippen LogP contribution in [0.4, 0.5) is 0 Å². The van der Waals surface area contributed by atoms with Gasteiger partial charge in [-0.2, -0.15) is 0 Å². The Hall–Kier alpha value is -17.3. The van der Waals surface area contributed by atoms with Gasteiger partial charge >= 0.3 is 53.7 Å². The molecule has 0 aromatic heterocycles. The standard InChI is InChI=1S/C75H54O48/c76-24-1-16(2-25(77)45(24)88)65(102)119-61-59-38(14-112-69(106)20-9-32(84)49(92)54(97)40(20)41-21(71(108)117-59)10-33(85)50(93)55(41)98)115-74(111)63(61)121-73(110)44-36(13-35(87)52(95)58(44)101)114-37-12-23-43(57(100)53(37)96)42-22(11-34(86)51(94)56(42)99)72(109)118-60-39(15-113-70(23)107)116-75(123-68(105)19-7-30(82)48(91)31(83)8-19)64(122-67(104)18-5-28(80)47(90)29(81)6-18)62(60)120-66(103)17-3-26(78)46(89)27(79)4-17/h1-13,38-39,59-64,74-101,111H,14-15H2/t38-,39-,59-,60-,61+,62+,63-,64-,74?,75+/m1/s1. The largest absolute Gasteiger partial charge is 0.504 e. The lowest BCUT2D eigenvalue weighted by molar-refractivity contribution is -0.284. The van der Waals surface area contributed by atoms with Crippen molar-refractivity contribution in [3.8, 4) is 183 Å². The SMILES string of the molecule is O=C(O[C@@H]1O[C@@H]2COC(=O)c3cc(Oc4cc(O)c(O)c(O)c4C(=O)O[C@H]4C(O)O[C@@H]5COC(=O)c6cc(O)c(O)c(O)c6-c6c(cc(O)c(O)c6O)C(=O)O[C@H]5[C@@H]4OC(=O)c4cc(O)c(O)c(O)c4)c(O)c(O)c3-c3c(cc(O)c(O)c3O)C(=O)O[C@H]2[C@H](OC(=O)c2cc(O)c(O)c(O)c2)[C@H]1OC(=O)c1cc(O)c(O)c(O)c1)c1cc(O)c(O)c(O)c1. The molecule has 0 spiro atoms. The molecular formula is C75H54O48. The monoisotopic (exact) mass is 1720 g/mol. The normalized spacial score (nSPS) is 19.8. The predicted octanol–water partition coefficient (Wildman–Crippen LogP) is 2.75. The fourth-order valence-electron chi connectivity index (χ4n) is 12.9. The van der Waals surface area contributed by atoms with Crippen molar-refractivity contribution in [2.24, 2.45) is 0 Å². The lowest BCUT2D eigenvalue weighted by Crippen LogP contribution is -2.63. The number of aromatic hydroxyl groups is 26. The first-order valence-electron chi connectivity index (χ1n) is 34.1. The Balaban J connectivity index is 0.918. The average molecular weight is 1720 g/mol. The number of fused-ring (bicyclic) bond motifs is 8. The van der Waals surface area contributed by atoms with Crippen molar-refractivity contribution in [2.45, 2.75) is 61.4 Å². The van der Waals surface area contributed by atoms with Gasteiger partial charge in [0, 0.05) is 34.4 Å². The second kappa shape index (κ2) is 31.3. The van der Waals surface area contributed by atoms with E-state index in [1.54, 1.807) is 0 Å². The van der Waals surface area contributed by atoms with Crippen LogP contribution < -0.4 is 4.74 Å². The fourth-order valence-corrected chi connectivity index (χ4v) is 12.9. The molecular weight excluding hydrogens is 1670 g/mol. The van der Waals surface area contributed by atoms with E-state index in [4.69, 9.17) is 56.8 Å². The second-order valence-electron chi connectivity index (χ2n) is 26.5. The van der Waals surface area contributed by atoms with E-state index in [1.807, 2.05) is 0 Å². The molecule has 13 rings (SSSR count). The molecule has 4 aliphatic rings. The van der Waals surface area contributed by atoms with Crippen LogP contribution in [0.2, 0.25) is 0 Å². The summed E-state index contributed by atoms with van der Waals surface area (Å²) in [5.74, 6) is -58.0. The highest BCUT2D eigenvalue weighted by Gasteiger charge is 2.57. The molecule has 0 aliphatic carbocycles. The van der Waals surface area contributed by atoms with Gasteiger partial charge in [-0.1, -0.05) is 0 Å². The number of rotatable bonds is 12. The number of cyclic esters (lactones) is 2. The van der Waals surface area contributed by atoms with Gasteiger partial charge in [-0.25, -0.2) is 43.2 Å². The molecule has 2 saturated heterocycles. The first-order valence-corrected chi connectivity index (χ1v) is 34.1. The topological polar surface area (TPSA) is 811 Å². The van der Waals surface area contributed by atoms with E-state index < -0.39 is 362 Å². The van der Waals surface area contributed by atoms with E-state index in [0.717, 1.165) is 0 Å². The molecule has 0 amide bonds. The Morgan fingerprint density at radius 2 is 0.561 bits per heavy atom. The van der Waals surface area contributed by atoms with E-state index in [1.165, 1.54) is 0 Å². The summed E-state index contributed by atoms with van der Waals surface area (Å²) in [5.41, 5.74) is -16.1. The molecule has 9 aromatic carbocycles. The van der Waals surface area contributed by atoms with Crippen LogP contribution in [0.3, 0.4) is 0 Å². The average Bonchev–Trinajstić information content (AvgIpc) is 1.71. The summed E-state index contributed by atoms with van der Waals surface area (Å²) in [7, 11) is 0. The van der Waals surface area contributed by atoms with Gasteiger partial charge in [0.25, 0.3) is 0 Å². The van der Waals surface area contributed by atoms with Gasteiger partial charge < -0.3 is 195 Å². The first-order chi connectivity index (χ1) is 57.9. The molecule has 0 bridgehead atoms. The maximum atomic E-state index is 15.2. The van der Waals surface area contributed by atoms with Crippen LogP contribution in [0, 0.1) is 0 Å². The predicted molar refractivity (Wildman–Crippen MR) is 380 cm³/mol. The number of hydrogen-bond donors (Lipinski definition) is 27. The summed E-state index contributed by atoms with van der Waals surface area (Å²) in [6.45, 7) is -3.02. The summed E-state index contributed by atoms with van der Waals surface area (Å²) < 4.78 is 67.6. The maximum absolute atomic E-state index is 15.2. The van der Waals surface area contributed by atoms with Gasteiger partial charge in [-0.05, 0) is 66.7 Å². The molecule has 642 valence electrons. The van der Waals surface area contributed by atoms with E-state index in [0.29, 0.717) is 60.7 Å². The van der Waals surface area contributed by atoms with E-state index in [2.05, 4.69) is 0 Å². The van der Waals surface area contributed by atoms with Crippen molar-refractivity contribution in [3.63, 3.8) is 0 Å². The third-order valence-corrected chi connectivity index (χ3v) is 18.9. The molecule has 9 aromatic rings. The van der Waals surface area contributed by atoms with Crippen molar-refractivity contribution in [3.05, 3.63) is 129 Å².